The zero-order valence-electron chi connectivity index (χ0n) is 24.0. The summed E-state index contributed by atoms with van der Waals surface area (Å²) in [4.78, 5) is 18.7. The van der Waals surface area contributed by atoms with Gasteiger partial charge in [-0.15, -0.1) is 0 Å². The SMILES string of the molecule is CCCc1nc(-c2cc(C)cc(OC)c2)c(-c2ccnc(Nc3ccc(N4CCN5CCCCC5C4)c(F)c3)n2)o1. The molecule has 0 amide bonds. The first-order valence-electron chi connectivity index (χ1n) is 14.6. The number of hydrogen-bond donors (Lipinski definition) is 1. The van der Waals surface area contributed by atoms with E-state index in [9.17, 15) is 0 Å². The van der Waals surface area contributed by atoms with E-state index in [1.165, 1.54) is 25.3 Å². The number of fused-ring (bicyclic) bond motifs is 1. The van der Waals surface area contributed by atoms with Crippen LogP contribution in [0.3, 0.4) is 0 Å². The van der Waals surface area contributed by atoms with Gasteiger partial charge in [0.25, 0.3) is 0 Å². The minimum absolute atomic E-state index is 0.245. The Hall–Kier alpha value is -3.98. The predicted molar refractivity (Wildman–Crippen MR) is 159 cm³/mol. The number of oxazole rings is 1. The number of halogens is 1. The average Bonchev–Trinajstić information content (AvgIpc) is 3.41. The van der Waals surface area contributed by atoms with Crippen molar-refractivity contribution in [3.05, 3.63) is 65.9 Å². The molecule has 1 N–H and O–H groups in total. The van der Waals surface area contributed by atoms with Gasteiger partial charge in [0, 0.05) is 49.5 Å². The van der Waals surface area contributed by atoms with Crippen LogP contribution in [-0.4, -0.2) is 59.2 Å². The van der Waals surface area contributed by atoms with Crippen molar-refractivity contribution in [1.82, 2.24) is 19.9 Å². The summed E-state index contributed by atoms with van der Waals surface area (Å²) in [5, 5.41) is 3.18. The van der Waals surface area contributed by atoms with Crippen molar-refractivity contribution in [2.24, 2.45) is 0 Å². The zero-order valence-corrected chi connectivity index (χ0v) is 24.0. The molecule has 214 valence electrons. The summed E-state index contributed by atoms with van der Waals surface area (Å²) < 4.78 is 27.1. The lowest BCUT2D eigenvalue weighted by Gasteiger charge is -2.45. The van der Waals surface area contributed by atoms with E-state index in [0.29, 0.717) is 52.8 Å². The molecular weight excluding hydrogens is 519 g/mol. The second kappa shape index (κ2) is 11.9. The maximum Gasteiger partial charge on any atom is 0.227 e. The van der Waals surface area contributed by atoms with E-state index in [4.69, 9.17) is 19.1 Å². The van der Waals surface area contributed by atoms with Crippen LogP contribution in [0.2, 0.25) is 0 Å². The quantitative estimate of drug-likeness (QED) is 0.259. The Morgan fingerprint density at radius 1 is 1.07 bits per heavy atom. The number of nitrogens with zero attached hydrogens (tertiary/aromatic N) is 5. The first-order valence-corrected chi connectivity index (χ1v) is 14.6. The average molecular weight is 557 g/mol. The molecular formula is C32H37FN6O2. The highest BCUT2D eigenvalue weighted by Crippen LogP contribution is 2.35. The third kappa shape index (κ3) is 5.91. The summed E-state index contributed by atoms with van der Waals surface area (Å²) >= 11 is 0. The lowest BCUT2D eigenvalue weighted by atomic mass is 9.99. The van der Waals surface area contributed by atoms with Gasteiger partial charge in [0.05, 0.1) is 12.8 Å². The second-order valence-corrected chi connectivity index (χ2v) is 11.0. The van der Waals surface area contributed by atoms with Crippen molar-refractivity contribution in [2.45, 2.75) is 52.0 Å². The number of aryl methyl sites for hydroxylation is 2. The van der Waals surface area contributed by atoms with Crippen molar-refractivity contribution >= 4 is 17.3 Å². The summed E-state index contributed by atoms with van der Waals surface area (Å²) in [6.45, 7) is 7.98. The standard InChI is InChI=1S/C32H37FN6O2/c1-4-7-29-37-30(22-16-21(2)17-25(18-22)40-3)31(41-29)27-11-12-34-32(36-27)35-23-9-10-28(26(33)19-23)39-15-14-38-13-6-5-8-24(38)20-39/h9-12,16-19,24H,4-8,13-15,20H2,1-3H3,(H,34,35,36). The summed E-state index contributed by atoms with van der Waals surface area (Å²) in [6, 6.07) is 13.6. The molecule has 9 heteroatoms. The van der Waals surface area contributed by atoms with Crippen molar-refractivity contribution in [1.29, 1.82) is 0 Å². The van der Waals surface area contributed by atoms with Gasteiger partial charge in [-0.2, -0.15) is 0 Å². The number of rotatable bonds is 8. The Morgan fingerprint density at radius 2 is 1.98 bits per heavy atom. The molecule has 1 unspecified atom stereocenters. The Labute approximate surface area is 240 Å². The third-order valence-electron chi connectivity index (χ3n) is 7.97. The van der Waals surface area contributed by atoms with Gasteiger partial charge < -0.3 is 19.4 Å². The van der Waals surface area contributed by atoms with Gasteiger partial charge in [0.15, 0.2) is 11.7 Å². The maximum atomic E-state index is 15.3. The molecule has 2 aromatic carbocycles. The summed E-state index contributed by atoms with van der Waals surface area (Å²) in [5.74, 6) is 2.08. The molecule has 2 fully saturated rings. The van der Waals surface area contributed by atoms with Crippen LogP contribution >= 0.6 is 0 Å². The van der Waals surface area contributed by atoms with E-state index in [-0.39, 0.29) is 5.82 Å². The number of anilines is 3. The molecule has 0 bridgehead atoms. The van der Waals surface area contributed by atoms with Crippen LogP contribution in [0.25, 0.3) is 22.7 Å². The van der Waals surface area contributed by atoms with E-state index < -0.39 is 0 Å². The molecule has 2 saturated heterocycles. The smallest absolute Gasteiger partial charge is 0.227 e. The summed E-state index contributed by atoms with van der Waals surface area (Å²) in [7, 11) is 1.65. The number of hydrogen-bond acceptors (Lipinski definition) is 8. The fourth-order valence-electron chi connectivity index (χ4n) is 5.95. The van der Waals surface area contributed by atoms with E-state index in [0.717, 1.165) is 49.5 Å². The number of aromatic nitrogens is 3. The van der Waals surface area contributed by atoms with Crippen LogP contribution in [0.15, 0.2) is 53.1 Å². The van der Waals surface area contributed by atoms with Gasteiger partial charge in [0.1, 0.15) is 23.0 Å². The van der Waals surface area contributed by atoms with Gasteiger partial charge in [-0.3, -0.25) is 4.90 Å². The summed E-state index contributed by atoms with van der Waals surface area (Å²) in [6.07, 6.45) is 7.01. The Bertz CT molecular complexity index is 1520. The minimum Gasteiger partial charge on any atom is -0.497 e. The molecule has 4 heterocycles. The number of piperazine rings is 1. The number of ether oxygens (including phenoxy) is 1. The van der Waals surface area contributed by atoms with Crippen LogP contribution in [0.5, 0.6) is 5.75 Å². The fourth-order valence-corrected chi connectivity index (χ4v) is 5.95. The molecule has 6 rings (SSSR count). The maximum absolute atomic E-state index is 15.3. The number of piperidine rings is 1. The van der Waals surface area contributed by atoms with E-state index in [1.54, 1.807) is 19.4 Å². The largest absolute Gasteiger partial charge is 0.497 e. The van der Waals surface area contributed by atoms with E-state index >= 15 is 4.39 Å². The lowest BCUT2D eigenvalue weighted by Crippen LogP contribution is -2.55. The number of benzene rings is 2. The minimum atomic E-state index is -0.245. The van der Waals surface area contributed by atoms with E-state index in [1.807, 2.05) is 31.2 Å². The first kappa shape index (κ1) is 27.2. The van der Waals surface area contributed by atoms with Gasteiger partial charge in [-0.25, -0.2) is 19.3 Å². The molecule has 8 nitrogen and oxygen atoms in total. The highest BCUT2D eigenvalue weighted by molar-refractivity contribution is 5.77. The number of nitrogens with one attached hydrogen (secondary N) is 1. The topological polar surface area (TPSA) is 79.6 Å². The molecule has 2 aliphatic heterocycles. The van der Waals surface area contributed by atoms with Gasteiger partial charge in [-0.1, -0.05) is 13.3 Å². The monoisotopic (exact) mass is 556 g/mol. The molecule has 1 atom stereocenters. The molecule has 0 radical (unpaired) electrons. The van der Waals surface area contributed by atoms with Crippen molar-refractivity contribution < 1.29 is 13.5 Å². The second-order valence-electron chi connectivity index (χ2n) is 11.0. The van der Waals surface area contributed by atoms with Crippen LogP contribution in [0.4, 0.5) is 21.7 Å². The molecule has 4 aromatic rings. The zero-order chi connectivity index (χ0) is 28.3. The Balaban J connectivity index is 1.25. The molecule has 2 aromatic heterocycles. The van der Waals surface area contributed by atoms with Gasteiger partial charge >= 0.3 is 0 Å². The number of methoxy groups -OCH3 is 1. The van der Waals surface area contributed by atoms with Crippen molar-refractivity contribution in [3.8, 4) is 28.5 Å². The van der Waals surface area contributed by atoms with Crippen molar-refractivity contribution in [3.63, 3.8) is 0 Å². The fraction of sp³-hybridized carbons (Fsp3) is 0.406. The van der Waals surface area contributed by atoms with Crippen molar-refractivity contribution in [2.75, 3.05) is 43.5 Å². The normalized spacial score (nSPS) is 17.4. The van der Waals surface area contributed by atoms with Gasteiger partial charge in [-0.05, 0) is 80.8 Å². The molecule has 2 aliphatic rings. The van der Waals surface area contributed by atoms with Crippen LogP contribution in [0, 0.1) is 12.7 Å². The summed E-state index contributed by atoms with van der Waals surface area (Å²) in [5.41, 5.74) is 4.49. The highest BCUT2D eigenvalue weighted by Gasteiger charge is 2.30. The molecule has 0 aliphatic carbocycles. The molecule has 41 heavy (non-hydrogen) atoms. The molecule has 0 saturated carbocycles. The van der Waals surface area contributed by atoms with Crippen LogP contribution in [-0.2, 0) is 6.42 Å². The van der Waals surface area contributed by atoms with Gasteiger partial charge in [0.2, 0.25) is 5.95 Å². The third-order valence-corrected chi connectivity index (χ3v) is 7.97. The van der Waals surface area contributed by atoms with E-state index in [2.05, 4.69) is 33.1 Å². The Morgan fingerprint density at radius 3 is 2.80 bits per heavy atom. The molecule has 0 spiro atoms. The lowest BCUT2D eigenvalue weighted by molar-refractivity contribution is 0.133. The first-order chi connectivity index (χ1) is 20.0. The van der Waals surface area contributed by atoms with Crippen LogP contribution in [0.1, 0.15) is 44.1 Å². The predicted octanol–water partition coefficient (Wildman–Crippen LogP) is 6.63. The highest BCUT2D eigenvalue weighted by atomic mass is 19.1. The Kier molecular flexibility index (Phi) is 7.87. The van der Waals surface area contributed by atoms with Crippen LogP contribution < -0.4 is 15.0 Å².